The van der Waals surface area contributed by atoms with Crippen molar-refractivity contribution in [2.75, 3.05) is 25.1 Å². The number of hydrogen-bond donors (Lipinski definition) is 1. The zero-order chi connectivity index (χ0) is 13.1. The van der Waals surface area contributed by atoms with Crippen LogP contribution in [0.3, 0.4) is 0 Å². The zero-order valence-electron chi connectivity index (χ0n) is 9.62. The molecule has 100 valence electrons. The van der Waals surface area contributed by atoms with Crippen LogP contribution in [0.1, 0.15) is 6.92 Å². The van der Waals surface area contributed by atoms with E-state index >= 15 is 0 Å². The van der Waals surface area contributed by atoms with Crippen LogP contribution in [-0.2, 0) is 9.47 Å². The van der Waals surface area contributed by atoms with Crippen molar-refractivity contribution in [3.8, 4) is 0 Å². The molecular weight excluding hydrogens is 300 g/mol. The highest BCUT2D eigenvalue weighted by atomic mass is 35.5. The van der Waals surface area contributed by atoms with E-state index in [4.69, 9.17) is 44.3 Å². The zero-order valence-corrected chi connectivity index (χ0v) is 11.9. The molecule has 0 bridgehead atoms. The summed E-state index contributed by atoms with van der Waals surface area (Å²) in [5.41, 5.74) is 0. The second kappa shape index (κ2) is 6.21. The van der Waals surface area contributed by atoms with Gasteiger partial charge in [-0.2, -0.15) is 4.98 Å². The van der Waals surface area contributed by atoms with Crippen molar-refractivity contribution in [1.82, 2.24) is 9.97 Å². The van der Waals surface area contributed by atoms with E-state index in [-0.39, 0.29) is 27.6 Å². The summed E-state index contributed by atoms with van der Waals surface area (Å²) in [7, 11) is 0. The van der Waals surface area contributed by atoms with Gasteiger partial charge in [-0.3, -0.25) is 0 Å². The lowest BCUT2D eigenvalue weighted by atomic mass is 10.3. The first-order valence-corrected chi connectivity index (χ1v) is 6.54. The molecule has 2 rings (SSSR count). The standard InChI is InChI=1S/C10H12Cl3N3O2/c1-5(2-17-3-6-4-18-6)14-9-7(11)8(12)15-10(13)16-9/h5-6H,2-4H2,1H3,(H,14,15,16). The van der Waals surface area contributed by atoms with Crippen molar-refractivity contribution < 1.29 is 9.47 Å². The van der Waals surface area contributed by atoms with Gasteiger partial charge in [0.2, 0.25) is 5.28 Å². The van der Waals surface area contributed by atoms with Gasteiger partial charge >= 0.3 is 0 Å². The third kappa shape index (κ3) is 4.10. The topological polar surface area (TPSA) is 59.6 Å². The number of aromatic nitrogens is 2. The Morgan fingerprint density at radius 2 is 2.17 bits per heavy atom. The van der Waals surface area contributed by atoms with Crippen molar-refractivity contribution in [2.45, 2.75) is 19.1 Å². The molecule has 1 aliphatic heterocycles. The Kier molecular flexibility index (Phi) is 4.86. The smallest absolute Gasteiger partial charge is 0.225 e. The Balaban J connectivity index is 1.86. The van der Waals surface area contributed by atoms with Crippen LogP contribution in [0, 0.1) is 0 Å². The number of epoxide rings is 1. The highest BCUT2D eigenvalue weighted by Crippen LogP contribution is 2.28. The maximum atomic E-state index is 5.96. The highest BCUT2D eigenvalue weighted by molar-refractivity contribution is 6.43. The minimum absolute atomic E-state index is 0.0169. The maximum absolute atomic E-state index is 5.96. The lowest BCUT2D eigenvalue weighted by Crippen LogP contribution is -2.23. The van der Waals surface area contributed by atoms with Crippen LogP contribution in [-0.4, -0.2) is 41.9 Å². The van der Waals surface area contributed by atoms with Gasteiger partial charge in [0, 0.05) is 6.04 Å². The fourth-order valence-corrected chi connectivity index (χ4v) is 1.83. The molecular formula is C10H12Cl3N3O2. The molecule has 1 aliphatic rings. The van der Waals surface area contributed by atoms with E-state index in [9.17, 15) is 0 Å². The highest BCUT2D eigenvalue weighted by Gasteiger charge is 2.22. The minimum atomic E-state index is 0.0169. The van der Waals surface area contributed by atoms with Crippen molar-refractivity contribution >= 4 is 40.6 Å². The molecule has 2 atom stereocenters. The molecule has 0 amide bonds. The van der Waals surface area contributed by atoms with Gasteiger partial charge in [0.15, 0.2) is 11.0 Å². The van der Waals surface area contributed by atoms with Crippen molar-refractivity contribution in [2.24, 2.45) is 0 Å². The van der Waals surface area contributed by atoms with Crippen LogP contribution >= 0.6 is 34.8 Å². The normalized spacial score (nSPS) is 19.7. The molecule has 5 nitrogen and oxygen atoms in total. The summed E-state index contributed by atoms with van der Waals surface area (Å²) in [5, 5.41) is 3.49. The molecule has 0 spiro atoms. The average Bonchev–Trinajstić information content (AvgIpc) is 3.09. The number of ether oxygens (including phenoxy) is 2. The van der Waals surface area contributed by atoms with Crippen molar-refractivity contribution in [1.29, 1.82) is 0 Å². The van der Waals surface area contributed by atoms with Crippen molar-refractivity contribution in [3.05, 3.63) is 15.5 Å². The Labute approximate surface area is 120 Å². The molecule has 1 saturated heterocycles. The molecule has 0 aliphatic carbocycles. The predicted octanol–water partition coefficient (Wildman–Crippen LogP) is 2.65. The molecule has 0 radical (unpaired) electrons. The Morgan fingerprint density at radius 1 is 1.44 bits per heavy atom. The summed E-state index contributed by atoms with van der Waals surface area (Å²) in [6.45, 7) is 3.83. The molecule has 1 fully saturated rings. The van der Waals surface area contributed by atoms with Gasteiger partial charge in [-0.25, -0.2) is 4.98 Å². The Hall–Kier alpha value is -0.330. The lowest BCUT2D eigenvalue weighted by molar-refractivity contribution is 0.111. The third-order valence-electron chi connectivity index (χ3n) is 2.24. The first-order valence-electron chi connectivity index (χ1n) is 5.40. The number of nitrogens with zero attached hydrogens (tertiary/aromatic N) is 2. The molecule has 2 heterocycles. The summed E-state index contributed by atoms with van der Waals surface area (Å²) in [4.78, 5) is 7.71. The fraction of sp³-hybridized carbons (Fsp3) is 0.600. The van der Waals surface area contributed by atoms with Gasteiger partial charge < -0.3 is 14.8 Å². The van der Waals surface area contributed by atoms with E-state index in [2.05, 4.69) is 15.3 Å². The van der Waals surface area contributed by atoms with Gasteiger partial charge in [-0.15, -0.1) is 0 Å². The number of rotatable bonds is 6. The summed E-state index contributed by atoms with van der Waals surface area (Å²) in [6, 6.07) is 0.0169. The predicted molar refractivity (Wildman–Crippen MR) is 70.7 cm³/mol. The van der Waals surface area contributed by atoms with Crippen LogP contribution in [0.2, 0.25) is 15.5 Å². The van der Waals surface area contributed by atoms with Crippen LogP contribution in [0.4, 0.5) is 5.82 Å². The largest absolute Gasteiger partial charge is 0.377 e. The van der Waals surface area contributed by atoms with Gasteiger partial charge in [0.25, 0.3) is 0 Å². The van der Waals surface area contributed by atoms with Gasteiger partial charge in [-0.05, 0) is 18.5 Å². The molecule has 1 N–H and O–H groups in total. The third-order valence-corrected chi connectivity index (χ3v) is 3.14. The molecule has 1 aromatic heterocycles. The van der Waals surface area contributed by atoms with Gasteiger partial charge in [-0.1, -0.05) is 23.2 Å². The Bertz CT molecular complexity index is 429. The number of halogens is 3. The van der Waals surface area contributed by atoms with Crippen LogP contribution in [0.25, 0.3) is 0 Å². The molecule has 0 aromatic carbocycles. The lowest BCUT2D eigenvalue weighted by Gasteiger charge is -2.15. The number of hydrogen-bond acceptors (Lipinski definition) is 5. The second-order valence-corrected chi connectivity index (χ2v) is 5.06. The monoisotopic (exact) mass is 311 g/mol. The fourth-order valence-electron chi connectivity index (χ4n) is 1.31. The summed E-state index contributed by atoms with van der Waals surface area (Å²) >= 11 is 17.5. The summed E-state index contributed by atoms with van der Waals surface area (Å²) in [6.07, 6.45) is 0.253. The van der Waals surface area contributed by atoms with Gasteiger partial charge in [0.05, 0.1) is 19.8 Å². The summed E-state index contributed by atoms with van der Waals surface area (Å²) in [5.74, 6) is 0.403. The Morgan fingerprint density at radius 3 is 2.83 bits per heavy atom. The van der Waals surface area contributed by atoms with Gasteiger partial charge in [0.1, 0.15) is 11.1 Å². The maximum Gasteiger partial charge on any atom is 0.225 e. The first-order chi connectivity index (χ1) is 8.56. The molecule has 2 unspecified atom stereocenters. The van der Waals surface area contributed by atoms with E-state index in [1.165, 1.54) is 0 Å². The van der Waals surface area contributed by atoms with E-state index in [1.54, 1.807) is 0 Å². The second-order valence-electron chi connectivity index (χ2n) is 3.98. The average molecular weight is 313 g/mol. The van der Waals surface area contributed by atoms with E-state index < -0.39 is 0 Å². The van der Waals surface area contributed by atoms with E-state index in [0.29, 0.717) is 19.0 Å². The van der Waals surface area contributed by atoms with Crippen LogP contribution in [0.15, 0.2) is 0 Å². The van der Waals surface area contributed by atoms with Crippen LogP contribution < -0.4 is 5.32 Å². The van der Waals surface area contributed by atoms with E-state index in [1.807, 2.05) is 6.92 Å². The SMILES string of the molecule is CC(COCC1CO1)Nc1nc(Cl)nc(Cl)c1Cl. The van der Waals surface area contributed by atoms with E-state index in [0.717, 1.165) is 6.61 Å². The quantitative estimate of drug-likeness (QED) is 0.497. The minimum Gasteiger partial charge on any atom is -0.377 e. The summed E-state index contributed by atoms with van der Waals surface area (Å²) < 4.78 is 10.5. The molecule has 8 heteroatoms. The number of nitrogens with one attached hydrogen (secondary N) is 1. The molecule has 1 aromatic rings. The number of anilines is 1. The molecule has 0 saturated carbocycles. The first kappa shape index (κ1) is 14.1. The van der Waals surface area contributed by atoms with Crippen LogP contribution in [0.5, 0.6) is 0 Å². The molecule has 18 heavy (non-hydrogen) atoms. The van der Waals surface area contributed by atoms with Crippen molar-refractivity contribution in [3.63, 3.8) is 0 Å².